The Morgan fingerprint density at radius 1 is 1.24 bits per heavy atom. The van der Waals surface area contributed by atoms with Crippen molar-refractivity contribution in [3.63, 3.8) is 0 Å². The van der Waals surface area contributed by atoms with Crippen LogP contribution in [0.4, 0.5) is 0 Å². The second kappa shape index (κ2) is 9.37. The van der Waals surface area contributed by atoms with Crippen molar-refractivity contribution in [1.29, 1.82) is 0 Å². The van der Waals surface area contributed by atoms with Gasteiger partial charge < -0.3 is 20.1 Å². The molecule has 2 atom stereocenters. The first-order valence-corrected chi connectivity index (χ1v) is 7.23. The van der Waals surface area contributed by atoms with Crippen molar-refractivity contribution in [3.05, 3.63) is 29.8 Å². The molecule has 1 rings (SSSR count). The summed E-state index contributed by atoms with van der Waals surface area (Å²) in [6.45, 7) is 4.98. The van der Waals surface area contributed by atoms with Crippen LogP contribution in [0.25, 0.3) is 0 Å². The van der Waals surface area contributed by atoms with Crippen molar-refractivity contribution in [1.82, 2.24) is 10.6 Å². The molecule has 1 aromatic carbocycles. The molecule has 0 aliphatic carbocycles. The second-order valence-corrected chi connectivity index (χ2v) is 5.09. The molecule has 0 radical (unpaired) electrons. The maximum absolute atomic E-state index is 11.9. The summed E-state index contributed by atoms with van der Waals surface area (Å²) in [4.78, 5) is 11.9. The van der Waals surface area contributed by atoms with E-state index in [1.807, 2.05) is 31.2 Å². The molecule has 5 nitrogen and oxygen atoms in total. The van der Waals surface area contributed by atoms with Gasteiger partial charge in [0.05, 0.1) is 19.8 Å². The van der Waals surface area contributed by atoms with Gasteiger partial charge in [0, 0.05) is 19.7 Å². The summed E-state index contributed by atoms with van der Waals surface area (Å²) >= 11 is 0. The number of hydrogen-bond donors (Lipinski definition) is 2. The van der Waals surface area contributed by atoms with Gasteiger partial charge in [0.15, 0.2) is 0 Å². The second-order valence-electron chi connectivity index (χ2n) is 5.09. The van der Waals surface area contributed by atoms with Gasteiger partial charge in [-0.25, -0.2) is 0 Å². The summed E-state index contributed by atoms with van der Waals surface area (Å²) in [5.74, 6) is 0.863. The summed E-state index contributed by atoms with van der Waals surface area (Å²) in [7, 11) is 3.28. The average molecular weight is 294 g/mol. The number of para-hydroxylation sites is 1. The molecule has 2 unspecified atom stereocenters. The maximum Gasteiger partial charge on any atom is 0.236 e. The van der Waals surface area contributed by atoms with Gasteiger partial charge in [0.1, 0.15) is 5.75 Å². The van der Waals surface area contributed by atoms with Crippen LogP contribution < -0.4 is 15.4 Å². The molecule has 0 heterocycles. The van der Waals surface area contributed by atoms with E-state index in [0.717, 1.165) is 17.7 Å². The minimum absolute atomic E-state index is 0.0149. The first kappa shape index (κ1) is 17.5. The molecule has 0 saturated carbocycles. The molecule has 0 aliphatic heterocycles. The Morgan fingerprint density at radius 2 is 1.95 bits per heavy atom. The van der Waals surface area contributed by atoms with Gasteiger partial charge in [0.25, 0.3) is 0 Å². The van der Waals surface area contributed by atoms with E-state index in [4.69, 9.17) is 9.47 Å². The number of amides is 1. The molecule has 21 heavy (non-hydrogen) atoms. The van der Waals surface area contributed by atoms with Crippen LogP contribution in [0.2, 0.25) is 0 Å². The van der Waals surface area contributed by atoms with Crippen molar-refractivity contribution in [2.24, 2.45) is 0 Å². The molecule has 2 N–H and O–H groups in total. The zero-order valence-electron chi connectivity index (χ0n) is 13.3. The van der Waals surface area contributed by atoms with Crippen LogP contribution in [-0.4, -0.2) is 45.4 Å². The predicted octanol–water partition coefficient (Wildman–Crippen LogP) is 1.37. The number of hydrogen-bond acceptors (Lipinski definition) is 4. The number of carbonyl (C=O) groups excluding carboxylic acids is 1. The van der Waals surface area contributed by atoms with Gasteiger partial charge in [0.2, 0.25) is 5.91 Å². The van der Waals surface area contributed by atoms with Gasteiger partial charge in [-0.1, -0.05) is 18.2 Å². The normalized spacial score (nSPS) is 13.5. The lowest BCUT2D eigenvalue weighted by Crippen LogP contribution is -2.47. The number of benzene rings is 1. The van der Waals surface area contributed by atoms with Gasteiger partial charge in [-0.05, 0) is 31.9 Å². The lowest BCUT2D eigenvalue weighted by Gasteiger charge is -2.20. The van der Waals surface area contributed by atoms with Crippen molar-refractivity contribution in [3.8, 4) is 5.75 Å². The topological polar surface area (TPSA) is 59.6 Å². The monoisotopic (exact) mass is 294 g/mol. The van der Waals surface area contributed by atoms with Crippen LogP contribution >= 0.6 is 0 Å². The number of methoxy groups -OCH3 is 2. The molecule has 0 saturated heterocycles. The summed E-state index contributed by atoms with van der Waals surface area (Å²) in [5.41, 5.74) is 1.13. The molecular weight excluding hydrogens is 268 g/mol. The number of nitrogens with one attached hydrogen (secondary N) is 2. The molecule has 0 aliphatic rings. The summed E-state index contributed by atoms with van der Waals surface area (Å²) in [5, 5.41) is 6.12. The highest BCUT2D eigenvalue weighted by Crippen LogP contribution is 2.18. The Hall–Kier alpha value is -1.59. The van der Waals surface area contributed by atoms with E-state index in [2.05, 4.69) is 17.6 Å². The lowest BCUT2D eigenvalue weighted by atomic mass is 10.1. The molecule has 1 aromatic rings. The Morgan fingerprint density at radius 3 is 2.62 bits per heavy atom. The molecule has 0 fully saturated rings. The third-order valence-corrected chi connectivity index (χ3v) is 3.25. The lowest BCUT2D eigenvalue weighted by molar-refractivity contribution is -0.123. The number of ether oxygens (including phenoxy) is 2. The Labute approximate surface area is 127 Å². The van der Waals surface area contributed by atoms with E-state index >= 15 is 0 Å². The number of rotatable bonds is 9. The smallest absolute Gasteiger partial charge is 0.236 e. The zero-order valence-corrected chi connectivity index (χ0v) is 13.3. The van der Waals surface area contributed by atoms with Gasteiger partial charge >= 0.3 is 0 Å². The quantitative estimate of drug-likeness (QED) is 0.675. The van der Waals surface area contributed by atoms with Crippen LogP contribution in [-0.2, 0) is 16.0 Å². The van der Waals surface area contributed by atoms with Gasteiger partial charge in [-0.3, -0.25) is 4.79 Å². The minimum atomic E-state index is -0.244. The van der Waals surface area contributed by atoms with Crippen molar-refractivity contribution >= 4 is 5.91 Å². The molecule has 1 amide bonds. The fourth-order valence-corrected chi connectivity index (χ4v) is 2.19. The Bertz CT molecular complexity index is 437. The average Bonchev–Trinajstić information content (AvgIpc) is 2.47. The van der Waals surface area contributed by atoms with Crippen LogP contribution in [0.15, 0.2) is 24.3 Å². The van der Waals surface area contributed by atoms with E-state index in [0.29, 0.717) is 13.2 Å². The minimum Gasteiger partial charge on any atom is -0.496 e. The van der Waals surface area contributed by atoms with Crippen LogP contribution in [0, 0.1) is 0 Å². The van der Waals surface area contributed by atoms with E-state index in [1.165, 1.54) is 0 Å². The van der Waals surface area contributed by atoms with Crippen LogP contribution in [0.1, 0.15) is 19.4 Å². The first-order valence-electron chi connectivity index (χ1n) is 7.23. The van der Waals surface area contributed by atoms with Crippen molar-refractivity contribution in [2.45, 2.75) is 32.4 Å². The summed E-state index contributed by atoms with van der Waals surface area (Å²) in [6, 6.07) is 7.86. The van der Waals surface area contributed by atoms with Gasteiger partial charge in [-0.2, -0.15) is 0 Å². The highest BCUT2D eigenvalue weighted by atomic mass is 16.5. The molecule has 118 valence electrons. The standard InChI is InChI=1S/C16H26N2O3/c1-12(11-14-7-5-6-8-15(14)21-4)18-13(2)16(19)17-9-10-20-3/h5-8,12-13,18H,9-11H2,1-4H3,(H,17,19). The number of carbonyl (C=O) groups is 1. The third kappa shape index (κ3) is 6.14. The SMILES string of the molecule is COCCNC(=O)C(C)NC(C)Cc1ccccc1OC. The van der Waals surface area contributed by atoms with Crippen molar-refractivity contribution in [2.75, 3.05) is 27.4 Å². The zero-order chi connectivity index (χ0) is 15.7. The maximum atomic E-state index is 11.9. The third-order valence-electron chi connectivity index (χ3n) is 3.25. The Balaban J connectivity index is 2.45. The largest absolute Gasteiger partial charge is 0.496 e. The Kier molecular flexibility index (Phi) is 7.79. The molecule has 0 aromatic heterocycles. The van der Waals surface area contributed by atoms with Crippen LogP contribution in [0.3, 0.4) is 0 Å². The van der Waals surface area contributed by atoms with E-state index in [-0.39, 0.29) is 18.0 Å². The molecule has 0 bridgehead atoms. The van der Waals surface area contributed by atoms with Crippen molar-refractivity contribution < 1.29 is 14.3 Å². The highest BCUT2D eigenvalue weighted by molar-refractivity contribution is 5.81. The van der Waals surface area contributed by atoms with E-state index in [1.54, 1.807) is 14.2 Å². The molecule has 0 spiro atoms. The van der Waals surface area contributed by atoms with E-state index < -0.39 is 0 Å². The summed E-state index contributed by atoms with van der Waals surface area (Å²) in [6.07, 6.45) is 0.805. The highest BCUT2D eigenvalue weighted by Gasteiger charge is 2.16. The fourth-order valence-electron chi connectivity index (χ4n) is 2.19. The predicted molar refractivity (Wildman–Crippen MR) is 83.6 cm³/mol. The molecule has 5 heteroatoms. The van der Waals surface area contributed by atoms with E-state index in [9.17, 15) is 4.79 Å². The summed E-state index contributed by atoms with van der Waals surface area (Å²) < 4.78 is 10.3. The van der Waals surface area contributed by atoms with Gasteiger partial charge in [-0.15, -0.1) is 0 Å². The van der Waals surface area contributed by atoms with Crippen LogP contribution in [0.5, 0.6) is 5.75 Å². The molecular formula is C16H26N2O3. The first-order chi connectivity index (χ1) is 10.1. The fraction of sp³-hybridized carbons (Fsp3) is 0.562.